The summed E-state index contributed by atoms with van der Waals surface area (Å²) in [4.78, 5) is 11.3. The number of benzene rings is 1. The first-order valence-electron chi connectivity index (χ1n) is 9.29. The number of sulfone groups is 1. The predicted molar refractivity (Wildman–Crippen MR) is 112 cm³/mol. The molecule has 28 heavy (non-hydrogen) atoms. The van der Waals surface area contributed by atoms with E-state index in [0.717, 1.165) is 22.1 Å². The average Bonchev–Trinajstić information content (AvgIpc) is 3.41. The van der Waals surface area contributed by atoms with Crippen LogP contribution in [0.5, 0.6) is 0 Å². The molecular weight excluding hydrogens is 444 g/mol. The van der Waals surface area contributed by atoms with E-state index in [1.54, 1.807) is 13.3 Å². The van der Waals surface area contributed by atoms with Crippen LogP contribution in [0, 0.1) is 0 Å². The third-order valence-electron chi connectivity index (χ3n) is 5.29. The second kappa shape index (κ2) is 7.62. The number of imidazole rings is 1. The van der Waals surface area contributed by atoms with Crippen LogP contribution in [0.4, 0.5) is 0 Å². The third-order valence-corrected chi connectivity index (χ3v) is 8.05. The smallest absolute Gasteiger partial charge is 0.185 e. The van der Waals surface area contributed by atoms with Crippen molar-refractivity contribution in [1.29, 1.82) is 0 Å². The van der Waals surface area contributed by atoms with Gasteiger partial charge in [-0.15, -0.1) is 0 Å². The Morgan fingerprint density at radius 2 is 2.18 bits per heavy atom. The molecule has 9 heteroatoms. The van der Waals surface area contributed by atoms with Crippen LogP contribution in [0.2, 0.25) is 0 Å². The monoisotopic (exact) mass is 466 g/mol. The van der Waals surface area contributed by atoms with Crippen molar-refractivity contribution < 1.29 is 13.2 Å². The van der Waals surface area contributed by atoms with Gasteiger partial charge in [0.15, 0.2) is 15.7 Å². The van der Waals surface area contributed by atoms with Crippen molar-refractivity contribution in [3.8, 4) is 11.5 Å². The van der Waals surface area contributed by atoms with E-state index >= 15 is 0 Å². The normalized spacial score (nSPS) is 18.8. The lowest BCUT2D eigenvalue weighted by molar-refractivity contribution is 0.0969. The van der Waals surface area contributed by atoms with Gasteiger partial charge >= 0.3 is 0 Å². The number of H-pyrrole nitrogens is 2. The molecule has 1 aliphatic heterocycles. The number of aromatic amines is 2. The van der Waals surface area contributed by atoms with Gasteiger partial charge in [0.25, 0.3) is 0 Å². The molecule has 0 saturated carbocycles. The number of halogens is 1. The van der Waals surface area contributed by atoms with Gasteiger partial charge in [-0.3, -0.25) is 0 Å². The maximum absolute atomic E-state index is 13.5. The second-order valence-corrected chi connectivity index (χ2v) is 10.1. The third kappa shape index (κ3) is 3.30. The number of nitrogens with zero attached hydrogens (tertiary/aromatic N) is 1. The van der Waals surface area contributed by atoms with E-state index in [4.69, 9.17) is 4.74 Å². The highest BCUT2D eigenvalue weighted by Gasteiger charge is 2.35. The molecule has 7 nitrogen and oxygen atoms in total. The Hall–Kier alpha value is -1.68. The van der Waals surface area contributed by atoms with Crippen LogP contribution in [0.3, 0.4) is 0 Å². The summed E-state index contributed by atoms with van der Waals surface area (Å²) in [7, 11) is -1.89. The van der Waals surface area contributed by atoms with E-state index in [1.165, 1.54) is 0 Å². The van der Waals surface area contributed by atoms with Gasteiger partial charge in [-0.1, -0.05) is 22.9 Å². The Kier molecular flexibility index (Phi) is 5.34. The van der Waals surface area contributed by atoms with Gasteiger partial charge in [-0.2, -0.15) is 0 Å². The van der Waals surface area contributed by atoms with Crippen LogP contribution in [-0.2, 0) is 14.6 Å². The summed E-state index contributed by atoms with van der Waals surface area (Å²) in [6, 6.07) is 5.61. The molecule has 1 saturated heterocycles. The molecule has 150 valence electrons. The number of ether oxygens (including phenoxy) is 1. The summed E-state index contributed by atoms with van der Waals surface area (Å²) in [6.07, 6.45) is 2.99. The van der Waals surface area contributed by atoms with Crippen molar-refractivity contribution >= 4 is 36.7 Å². The molecule has 0 amide bonds. The number of hydrogen-bond acceptors (Lipinski definition) is 5. The van der Waals surface area contributed by atoms with Gasteiger partial charge in [-0.05, 0) is 37.6 Å². The fourth-order valence-corrected chi connectivity index (χ4v) is 6.17. The number of aromatic nitrogens is 3. The maximum atomic E-state index is 13.5. The lowest BCUT2D eigenvalue weighted by Gasteiger charge is -2.12. The van der Waals surface area contributed by atoms with Crippen molar-refractivity contribution in [3.63, 3.8) is 0 Å². The summed E-state index contributed by atoms with van der Waals surface area (Å²) in [6.45, 7) is 3.20. The first-order chi connectivity index (χ1) is 13.5. The lowest BCUT2D eigenvalue weighted by atomic mass is 10.2. The van der Waals surface area contributed by atoms with E-state index in [9.17, 15) is 8.42 Å². The van der Waals surface area contributed by atoms with Gasteiger partial charge in [0.2, 0.25) is 0 Å². The molecule has 2 aromatic heterocycles. The summed E-state index contributed by atoms with van der Waals surface area (Å²) in [5.41, 5.74) is 2.09. The van der Waals surface area contributed by atoms with Crippen LogP contribution in [0.1, 0.15) is 31.6 Å². The van der Waals surface area contributed by atoms with Crippen LogP contribution in [0.15, 0.2) is 33.8 Å². The Labute approximate surface area is 172 Å². The molecule has 1 aromatic carbocycles. The number of hydrogen-bond donors (Lipinski definition) is 3. The fraction of sp³-hybridized carbons (Fsp3) is 0.421. The SMILES string of the molecule is CCC(OC)c1cnc(-c2[nH]c3ccc(Br)cc3c2S(=O)(=O)C2CCNC2)[nH]1. The predicted octanol–water partition coefficient (Wildman–Crippen LogP) is 3.55. The van der Waals surface area contributed by atoms with Crippen LogP contribution in [0.25, 0.3) is 22.4 Å². The Bertz CT molecular complexity index is 1100. The highest BCUT2D eigenvalue weighted by Crippen LogP contribution is 2.37. The molecule has 0 radical (unpaired) electrons. The maximum Gasteiger partial charge on any atom is 0.185 e. The van der Waals surface area contributed by atoms with E-state index in [1.807, 2.05) is 25.1 Å². The van der Waals surface area contributed by atoms with Gasteiger partial charge in [0.05, 0.1) is 23.2 Å². The zero-order valence-corrected chi connectivity index (χ0v) is 18.2. The number of fused-ring (bicyclic) bond motifs is 1. The summed E-state index contributed by atoms with van der Waals surface area (Å²) < 4.78 is 33.4. The van der Waals surface area contributed by atoms with Crippen LogP contribution >= 0.6 is 15.9 Å². The van der Waals surface area contributed by atoms with Gasteiger partial charge < -0.3 is 20.0 Å². The molecule has 4 rings (SSSR count). The van der Waals surface area contributed by atoms with E-state index in [2.05, 4.69) is 36.2 Å². The Morgan fingerprint density at radius 3 is 2.86 bits per heavy atom. The fourth-order valence-electron chi connectivity index (χ4n) is 3.80. The Balaban J connectivity index is 1.91. The molecule has 3 heterocycles. The minimum absolute atomic E-state index is 0.112. The van der Waals surface area contributed by atoms with Crippen LogP contribution < -0.4 is 5.32 Å². The second-order valence-electron chi connectivity index (χ2n) is 7.00. The summed E-state index contributed by atoms with van der Waals surface area (Å²) in [5, 5.41) is 3.39. The number of nitrogens with one attached hydrogen (secondary N) is 3. The molecule has 1 aliphatic rings. The Morgan fingerprint density at radius 1 is 1.36 bits per heavy atom. The van der Waals surface area contributed by atoms with Gasteiger partial charge in [0.1, 0.15) is 10.6 Å². The standard InChI is InChI=1S/C19H23BrN4O3S/c1-3-16(27-2)15-10-22-19(24-15)17-18(28(25,26)12-6-7-21-9-12)13-8-11(20)4-5-14(13)23-17/h4-5,8,10,12,16,21,23H,3,6-7,9H2,1-2H3,(H,22,24). The molecular formula is C19H23BrN4O3S. The van der Waals surface area contributed by atoms with Crippen molar-refractivity contribution in [2.24, 2.45) is 0 Å². The molecule has 0 bridgehead atoms. The molecule has 2 atom stereocenters. The van der Waals surface area contributed by atoms with Gasteiger partial charge in [-0.25, -0.2) is 13.4 Å². The zero-order valence-electron chi connectivity index (χ0n) is 15.8. The van der Waals surface area contributed by atoms with Crippen molar-refractivity contribution in [3.05, 3.63) is 34.6 Å². The molecule has 2 unspecified atom stereocenters. The first kappa shape index (κ1) is 19.6. The molecule has 0 spiro atoms. The van der Waals surface area contributed by atoms with Crippen molar-refractivity contribution in [2.75, 3.05) is 20.2 Å². The zero-order chi connectivity index (χ0) is 19.9. The minimum atomic E-state index is -3.55. The summed E-state index contributed by atoms with van der Waals surface area (Å²) in [5.74, 6) is 0.502. The molecule has 3 N–H and O–H groups in total. The van der Waals surface area contributed by atoms with Crippen molar-refractivity contribution in [2.45, 2.75) is 36.0 Å². The first-order valence-corrected chi connectivity index (χ1v) is 11.6. The number of rotatable bonds is 6. The largest absolute Gasteiger partial charge is 0.375 e. The number of methoxy groups -OCH3 is 1. The molecule has 1 fully saturated rings. The minimum Gasteiger partial charge on any atom is -0.375 e. The lowest BCUT2D eigenvalue weighted by Crippen LogP contribution is -2.24. The quantitative estimate of drug-likeness (QED) is 0.515. The average molecular weight is 467 g/mol. The molecule has 0 aliphatic carbocycles. The van der Waals surface area contributed by atoms with Crippen LogP contribution in [-0.4, -0.2) is 48.8 Å². The van der Waals surface area contributed by atoms with E-state index in [0.29, 0.717) is 41.3 Å². The summed E-state index contributed by atoms with van der Waals surface area (Å²) >= 11 is 3.46. The molecule has 3 aromatic rings. The highest BCUT2D eigenvalue weighted by atomic mass is 79.9. The van der Waals surface area contributed by atoms with E-state index in [-0.39, 0.29) is 6.10 Å². The van der Waals surface area contributed by atoms with E-state index < -0.39 is 15.1 Å². The highest BCUT2D eigenvalue weighted by molar-refractivity contribution is 9.10. The van der Waals surface area contributed by atoms with Gasteiger partial charge in [0, 0.05) is 29.0 Å². The topological polar surface area (TPSA) is 99.9 Å². The van der Waals surface area contributed by atoms with Crippen molar-refractivity contribution in [1.82, 2.24) is 20.3 Å².